The molecule has 26 heavy (non-hydrogen) atoms. The summed E-state index contributed by atoms with van der Waals surface area (Å²) in [5, 5.41) is 0. The minimum Gasteiger partial charge on any atom is -0.286 e. The first kappa shape index (κ1) is 25.1. The monoisotopic (exact) mass is 420 g/mol. The molecule has 0 heterocycles. The zero-order valence-electron chi connectivity index (χ0n) is 15.5. The Kier molecular flexibility index (Phi) is 15.8. The molecule has 0 aromatic heterocycles. The Labute approximate surface area is 170 Å². The summed E-state index contributed by atoms with van der Waals surface area (Å²) in [6.07, 6.45) is 11.3. The Morgan fingerprint density at radius 2 is 1.31 bits per heavy atom. The van der Waals surface area contributed by atoms with Crippen LogP contribution < -0.4 is 0 Å². The van der Waals surface area contributed by atoms with Gasteiger partial charge in [0.25, 0.3) is 10.1 Å². The predicted octanol–water partition coefficient (Wildman–Crippen LogP) is 5.75. The summed E-state index contributed by atoms with van der Waals surface area (Å²) in [7, 11) is -3.75. The van der Waals surface area contributed by atoms with Gasteiger partial charge in [0.15, 0.2) is 0 Å². The molecule has 1 N–H and O–H groups in total. The van der Waals surface area contributed by atoms with Crippen molar-refractivity contribution in [3.63, 3.8) is 0 Å². The molecule has 2 aromatic carbocycles. The van der Waals surface area contributed by atoms with Crippen molar-refractivity contribution in [3.8, 4) is 0 Å². The number of hydrogen-bond donors (Lipinski definition) is 1. The molecule has 5 heteroatoms. The first-order valence-corrected chi connectivity index (χ1v) is 11.0. The van der Waals surface area contributed by atoms with E-state index in [2.05, 4.69) is 24.3 Å². The minimum atomic E-state index is -3.75. The van der Waals surface area contributed by atoms with E-state index in [9.17, 15) is 8.42 Å². The van der Waals surface area contributed by atoms with Crippen molar-refractivity contribution < 1.29 is 30.0 Å². The molecule has 0 saturated heterocycles. The Morgan fingerprint density at radius 3 is 1.73 bits per heavy atom. The smallest absolute Gasteiger partial charge is 0.286 e. The van der Waals surface area contributed by atoms with Crippen molar-refractivity contribution in [3.05, 3.63) is 60.2 Å². The second kappa shape index (κ2) is 16.3. The molecule has 0 aliphatic carbocycles. The number of hydrogen-bond acceptors (Lipinski definition) is 2. The normalized spacial score (nSPS) is 10.7. The molecule has 0 aliphatic heterocycles. The molecule has 0 amide bonds. The van der Waals surface area contributed by atoms with E-state index >= 15 is 0 Å². The maximum Gasteiger partial charge on any atom is 2.00 e. The molecule has 0 unspecified atom stereocenters. The van der Waals surface area contributed by atoms with Gasteiger partial charge in [0.2, 0.25) is 0 Å². The molecule has 0 spiro atoms. The molecule has 2 rings (SSSR count). The van der Waals surface area contributed by atoms with Crippen LogP contribution in [-0.2, 0) is 33.6 Å². The van der Waals surface area contributed by atoms with Gasteiger partial charge in [-0.25, -0.2) is 24.3 Å². The molecule has 0 radical (unpaired) electrons. The van der Waals surface area contributed by atoms with Crippen LogP contribution in [0.25, 0.3) is 0 Å². The third-order valence-electron chi connectivity index (χ3n) is 4.16. The van der Waals surface area contributed by atoms with Crippen LogP contribution in [0.4, 0.5) is 0 Å². The van der Waals surface area contributed by atoms with Gasteiger partial charge in [0.05, 0.1) is 5.75 Å². The standard InChI is InChI=1S/C16H27O3S.C5H5.Fe/c17-20(18,19)15-11-7-5-3-1-2-4-6-8-12-16-13-9-10-14-16;1-2-4-5-3-1;/h9-10,13-14H,1-8,11-12,15H2,(H,17,18,19);1-5H;/q2*-1;+2. The molecule has 0 fully saturated rings. The molecule has 0 saturated carbocycles. The van der Waals surface area contributed by atoms with E-state index in [-0.39, 0.29) is 22.8 Å². The maximum absolute atomic E-state index is 10.5. The van der Waals surface area contributed by atoms with E-state index in [4.69, 9.17) is 4.55 Å². The van der Waals surface area contributed by atoms with Gasteiger partial charge in [0.1, 0.15) is 0 Å². The molecule has 3 nitrogen and oxygen atoms in total. The Hall–Kier alpha value is -0.871. The van der Waals surface area contributed by atoms with Gasteiger partial charge < -0.3 is 0 Å². The summed E-state index contributed by atoms with van der Waals surface area (Å²) in [5.41, 5.74) is 1.45. The van der Waals surface area contributed by atoms with Gasteiger partial charge in [-0.1, -0.05) is 57.8 Å². The third kappa shape index (κ3) is 16.6. The summed E-state index contributed by atoms with van der Waals surface area (Å²) < 4.78 is 29.6. The third-order valence-corrected chi connectivity index (χ3v) is 4.96. The fourth-order valence-electron chi connectivity index (χ4n) is 2.75. The first-order chi connectivity index (χ1) is 12.1. The van der Waals surface area contributed by atoms with Crippen LogP contribution in [-0.4, -0.2) is 18.7 Å². The summed E-state index contributed by atoms with van der Waals surface area (Å²) in [6.45, 7) is 0. The van der Waals surface area contributed by atoms with Gasteiger partial charge in [-0.2, -0.15) is 44.3 Å². The van der Waals surface area contributed by atoms with E-state index < -0.39 is 10.1 Å². The van der Waals surface area contributed by atoms with Gasteiger partial charge in [-0.3, -0.25) is 4.55 Å². The van der Waals surface area contributed by atoms with Gasteiger partial charge >= 0.3 is 17.1 Å². The summed E-state index contributed by atoms with van der Waals surface area (Å²) in [5.74, 6) is -0.0886. The number of aryl methyl sites for hydroxylation is 1. The Bertz CT molecular complexity index is 572. The summed E-state index contributed by atoms with van der Waals surface area (Å²) >= 11 is 0. The zero-order chi connectivity index (χ0) is 18.2. The van der Waals surface area contributed by atoms with Crippen LogP contribution in [0.15, 0.2) is 54.6 Å². The molecular weight excluding hydrogens is 388 g/mol. The summed E-state index contributed by atoms with van der Waals surface area (Å²) in [4.78, 5) is 0. The average Bonchev–Trinajstić information content (AvgIpc) is 3.27. The van der Waals surface area contributed by atoms with Crippen molar-refractivity contribution in [2.24, 2.45) is 0 Å². The van der Waals surface area contributed by atoms with Crippen molar-refractivity contribution in [1.29, 1.82) is 0 Å². The van der Waals surface area contributed by atoms with Crippen molar-refractivity contribution >= 4 is 10.1 Å². The largest absolute Gasteiger partial charge is 2.00 e. The molecule has 0 atom stereocenters. The number of rotatable bonds is 12. The Morgan fingerprint density at radius 1 is 0.769 bits per heavy atom. The van der Waals surface area contributed by atoms with Gasteiger partial charge in [0, 0.05) is 0 Å². The molecular formula is C21H32FeO3S. The minimum absolute atomic E-state index is 0. The van der Waals surface area contributed by atoms with Gasteiger partial charge in [-0.15, -0.1) is 0 Å². The van der Waals surface area contributed by atoms with E-state index in [0.717, 1.165) is 12.8 Å². The van der Waals surface area contributed by atoms with Crippen molar-refractivity contribution in [2.45, 2.75) is 64.2 Å². The number of unbranched alkanes of at least 4 members (excludes halogenated alkanes) is 8. The van der Waals surface area contributed by atoms with Crippen LogP contribution >= 0.6 is 0 Å². The van der Waals surface area contributed by atoms with Crippen LogP contribution in [0.5, 0.6) is 0 Å². The van der Waals surface area contributed by atoms with E-state index in [1.165, 1.54) is 50.5 Å². The van der Waals surface area contributed by atoms with Crippen LogP contribution in [0, 0.1) is 0 Å². The predicted molar refractivity (Wildman–Crippen MR) is 106 cm³/mol. The Balaban J connectivity index is 0.000000893. The van der Waals surface area contributed by atoms with Crippen molar-refractivity contribution in [1.82, 2.24) is 0 Å². The van der Waals surface area contributed by atoms with Gasteiger partial charge in [-0.05, 0) is 6.42 Å². The van der Waals surface area contributed by atoms with E-state index in [0.29, 0.717) is 6.42 Å². The average molecular weight is 420 g/mol. The quantitative estimate of drug-likeness (QED) is 0.206. The maximum atomic E-state index is 10.5. The zero-order valence-corrected chi connectivity index (χ0v) is 17.4. The van der Waals surface area contributed by atoms with E-state index in [1.807, 2.05) is 30.3 Å². The second-order valence-electron chi connectivity index (χ2n) is 6.47. The topological polar surface area (TPSA) is 54.4 Å². The molecule has 0 aliphatic rings. The van der Waals surface area contributed by atoms with Crippen LogP contribution in [0.3, 0.4) is 0 Å². The molecule has 148 valence electrons. The van der Waals surface area contributed by atoms with Crippen LogP contribution in [0.1, 0.15) is 63.4 Å². The SMILES string of the molecule is O=S(=O)(O)CCCCCCCCCCCc1ccc[cH-]1.[Fe+2].c1cc[cH-]c1. The fourth-order valence-corrected chi connectivity index (χ4v) is 3.32. The first-order valence-electron chi connectivity index (χ1n) is 9.40. The second-order valence-corrected chi connectivity index (χ2v) is 8.05. The van der Waals surface area contributed by atoms with E-state index in [1.54, 1.807) is 0 Å². The van der Waals surface area contributed by atoms with Crippen molar-refractivity contribution in [2.75, 3.05) is 5.75 Å². The summed E-state index contributed by atoms with van der Waals surface area (Å²) in [6, 6.07) is 18.6. The fraction of sp³-hybridized carbons (Fsp3) is 0.524. The van der Waals surface area contributed by atoms with Crippen LogP contribution in [0.2, 0.25) is 0 Å². The molecule has 2 aromatic rings. The molecule has 0 bridgehead atoms.